The van der Waals surface area contributed by atoms with Crippen LogP contribution in [0, 0.1) is 5.82 Å². The van der Waals surface area contributed by atoms with Gasteiger partial charge >= 0.3 is 17.9 Å². The third-order valence-corrected chi connectivity index (χ3v) is 5.49. The van der Waals surface area contributed by atoms with Crippen LogP contribution in [-0.4, -0.2) is 32.6 Å². The highest BCUT2D eigenvalue weighted by molar-refractivity contribution is 9.10. The van der Waals surface area contributed by atoms with Crippen LogP contribution in [0.5, 0.6) is 0 Å². The Morgan fingerprint density at radius 2 is 1.93 bits per heavy atom. The van der Waals surface area contributed by atoms with Gasteiger partial charge < -0.3 is 5.32 Å². The van der Waals surface area contributed by atoms with Crippen molar-refractivity contribution in [1.82, 2.24) is 14.5 Å². The largest absolute Gasteiger partial charge is 0.431 e. The molecular weight excluding hydrogens is 498 g/mol. The van der Waals surface area contributed by atoms with Gasteiger partial charge in [-0.05, 0) is 28.1 Å². The Balaban J connectivity index is 2.04. The maximum absolute atomic E-state index is 14.5. The number of amides is 2. The van der Waals surface area contributed by atoms with Crippen molar-refractivity contribution in [3.05, 3.63) is 55.0 Å². The number of anilines is 1. The van der Waals surface area contributed by atoms with E-state index in [1.807, 2.05) is 0 Å². The summed E-state index contributed by atoms with van der Waals surface area (Å²) >= 11 is 4.37. The predicted molar refractivity (Wildman–Crippen MR) is 107 cm³/mol. The van der Waals surface area contributed by atoms with Crippen molar-refractivity contribution in [2.45, 2.75) is 6.18 Å². The smallest absolute Gasteiger partial charge is 0.306 e. The number of aliphatic imine (C=N–C) groups is 1. The molecule has 2 aromatic rings. The molecule has 0 atom stereocenters. The lowest BCUT2D eigenvalue weighted by atomic mass is 10.2. The van der Waals surface area contributed by atoms with Crippen LogP contribution in [0.2, 0.25) is 0 Å². The molecule has 0 radical (unpaired) electrons. The number of alkyl halides is 3. The molecule has 0 fully saturated rings. The minimum absolute atomic E-state index is 0.0265. The topological polar surface area (TPSA) is 97.5 Å². The molecule has 14 heteroatoms. The van der Waals surface area contributed by atoms with Crippen LogP contribution in [0.1, 0.15) is 5.69 Å². The second kappa shape index (κ2) is 8.26. The molecule has 2 amide bonds. The molecule has 2 N–H and O–H groups in total. The Hall–Kier alpha value is -2.61. The number of carbonyl (C=O) groups is 1. The number of aromatic nitrogens is 2. The molecule has 0 bridgehead atoms. The number of benzene rings is 1. The summed E-state index contributed by atoms with van der Waals surface area (Å²) in [5.41, 5.74) is -4.90. The van der Waals surface area contributed by atoms with Crippen LogP contribution in [0.25, 0.3) is 5.69 Å². The molecule has 0 aliphatic carbocycles. The van der Waals surface area contributed by atoms with Crippen molar-refractivity contribution >= 4 is 44.6 Å². The van der Waals surface area contributed by atoms with E-state index in [0.29, 0.717) is 17.5 Å². The summed E-state index contributed by atoms with van der Waals surface area (Å²) in [7, 11) is 0.810. The highest BCUT2D eigenvalue weighted by atomic mass is 79.9. The van der Waals surface area contributed by atoms with Gasteiger partial charge in [0.1, 0.15) is 11.5 Å². The first-order valence-corrected chi connectivity index (χ1v) is 9.92. The second-order valence-electron chi connectivity index (χ2n) is 5.94. The van der Waals surface area contributed by atoms with E-state index in [2.05, 4.69) is 31.6 Å². The fourth-order valence-corrected chi connectivity index (χ4v) is 3.72. The van der Waals surface area contributed by atoms with Crippen molar-refractivity contribution in [2.24, 2.45) is 12.0 Å². The molecule has 8 nitrogen and oxygen atoms in total. The molecule has 1 aliphatic rings. The molecule has 0 unspecified atom stereocenters. The normalized spacial score (nSPS) is 13.9. The summed E-state index contributed by atoms with van der Waals surface area (Å²) in [6, 6.07) is 1.31. The molecule has 0 saturated heterocycles. The molecule has 1 aliphatic heterocycles. The van der Waals surface area contributed by atoms with E-state index in [9.17, 15) is 31.9 Å². The average Bonchev–Trinajstić information content (AvgIpc) is 3.13. The first-order valence-electron chi connectivity index (χ1n) is 8.14. The number of thioether (sulfide) groups is 1. The van der Waals surface area contributed by atoms with Crippen LogP contribution in [-0.2, 0) is 13.2 Å². The molecule has 3 rings (SSSR count). The SMILES string of the molecule is Cn1c(C(F)(F)F)cc(=O)n(-c2cc(NC(=O)NC3=NCCS3)c(Br)cc2F)c1=O. The van der Waals surface area contributed by atoms with Gasteiger partial charge in [0, 0.05) is 23.3 Å². The Morgan fingerprint density at radius 3 is 2.53 bits per heavy atom. The summed E-state index contributed by atoms with van der Waals surface area (Å²) in [4.78, 5) is 40.7. The first kappa shape index (κ1) is 22.1. The third kappa shape index (κ3) is 4.43. The Kier molecular flexibility index (Phi) is 6.08. The van der Waals surface area contributed by atoms with E-state index in [4.69, 9.17) is 0 Å². The summed E-state index contributed by atoms with van der Waals surface area (Å²) in [5, 5.41) is 5.26. The summed E-state index contributed by atoms with van der Waals surface area (Å²) in [6.45, 7) is 0.546. The minimum Gasteiger partial charge on any atom is -0.306 e. The Morgan fingerprint density at radius 1 is 1.23 bits per heavy atom. The number of urea groups is 1. The van der Waals surface area contributed by atoms with Gasteiger partial charge in [0.2, 0.25) is 0 Å². The van der Waals surface area contributed by atoms with E-state index < -0.39 is 40.7 Å². The van der Waals surface area contributed by atoms with Crippen molar-refractivity contribution in [3.63, 3.8) is 0 Å². The highest BCUT2D eigenvalue weighted by Crippen LogP contribution is 2.29. The van der Waals surface area contributed by atoms with Gasteiger partial charge in [-0.25, -0.2) is 18.5 Å². The van der Waals surface area contributed by atoms with E-state index >= 15 is 0 Å². The van der Waals surface area contributed by atoms with E-state index in [1.165, 1.54) is 11.8 Å². The van der Waals surface area contributed by atoms with Gasteiger partial charge in [0.25, 0.3) is 5.56 Å². The van der Waals surface area contributed by atoms with Gasteiger partial charge in [-0.3, -0.25) is 19.7 Å². The quantitative estimate of drug-likeness (QED) is 0.608. The number of amidine groups is 1. The van der Waals surface area contributed by atoms with E-state index in [0.717, 1.165) is 19.2 Å². The molecule has 30 heavy (non-hydrogen) atoms. The highest BCUT2D eigenvalue weighted by Gasteiger charge is 2.35. The summed E-state index contributed by atoms with van der Waals surface area (Å²) < 4.78 is 54.0. The number of rotatable bonds is 2. The van der Waals surface area contributed by atoms with Crippen LogP contribution in [0.4, 0.5) is 28.0 Å². The fourth-order valence-electron chi connectivity index (χ4n) is 2.59. The average molecular weight is 510 g/mol. The zero-order chi connectivity index (χ0) is 22.2. The van der Waals surface area contributed by atoms with Gasteiger partial charge in [-0.2, -0.15) is 13.2 Å². The van der Waals surface area contributed by atoms with Crippen LogP contribution < -0.4 is 21.9 Å². The van der Waals surface area contributed by atoms with Crippen molar-refractivity contribution in [3.8, 4) is 5.69 Å². The van der Waals surface area contributed by atoms with Crippen LogP contribution in [0.15, 0.2) is 37.3 Å². The lowest BCUT2D eigenvalue weighted by Crippen LogP contribution is -2.41. The van der Waals surface area contributed by atoms with Crippen molar-refractivity contribution < 1.29 is 22.4 Å². The number of hydrogen-bond donors (Lipinski definition) is 2. The molecule has 1 aromatic heterocycles. The van der Waals surface area contributed by atoms with E-state index in [-0.39, 0.29) is 25.4 Å². The van der Waals surface area contributed by atoms with E-state index in [1.54, 1.807) is 0 Å². The number of halogens is 5. The minimum atomic E-state index is -4.95. The molecule has 160 valence electrons. The predicted octanol–water partition coefficient (Wildman–Crippen LogP) is 2.68. The first-order chi connectivity index (χ1) is 14.0. The van der Waals surface area contributed by atoms with Crippen LogP contribution >= 0.6 is 27.7 Å². The fraction of sp³-hybridized carbons (Fsp3) is 0.250. The number of hydrogen-bond acceptors (Lipinski definition) is 5. The Bertz CT molecular complexity index is 1180. The summed E-state index contributed by atoms with van der Waals surface area (Å²) in [6.07, 6.45) is -4.95. The summed E-state index contributed by atoms with van der Waals surface area (Å²) in [5.74, 6) is -0.359. The third-order valence-electron chi connectivity index (χ3n) is 3.94. The van der Waals surface area contributed by atoms with Crippen molar-refractivity contribution in [1.29, 1.82) is 0 Å². The van der Waals surface area contributed by atoms with Gasteiger partial charge in [0.15, 0.2) is 5.17 Å². The number of nitrogens with one attached hydrogen (secondary N) is 2. The van der Waals surface area contributed by atoms with Crippen LogP contribution in [0.3, 0.4) is 0 Å². The lowest BCUT2D eigenvalue weighted by molar-refractivity contribution is -0.144. The molecule has 2 heterocycles. The second-order valence-corrected chi connectivity index (χ2v) is 7.88. The maximum atomic E-state index is 14.5. The standard InChI is InChI=1S/C16H12BrF4N5O3S/c1-25-11(16(19,20)21)6-12(27)26(15(25)29)10-5-9(7(17)4-8(10)18)23-13(28)24-14-22-2-3-30-14/h4-6H,2-3H2,1H3,(H2,22,23,24,28). The maximum Gasteiger partial charge on any atom is 0.431 e. The number of carbonyl (C=O) groups excluding carboxylic acids is 1. The number of nitrogens with zero attached hydrogens (tertiary/aromatic N) is 3. The van der Waals surface area contributed by atoms with Gasteiger partial charge in [-0.15, -0.1) is 0 Å². The van der Waals surface area contributed by atoms with Gasteiger partial charge in [-0.1, -0.05) is 11.8 Å². The molecule has 0 spiro atoms. The van der Waals surface area contributed by atoms with Crippen molar-refractivity contribution in [2.75, 3.05) is 17.6 Å². The van der Waals surface area contributed by atoms with Gasteiger partial charge in [0.05, 0.1) is 17.9 Å². The lowest BCUT2D eigenvalue weighted by Gasteiger charge is -2.16. The molecule has 1 aromatic carbocycles. The zero-order valence-corrected chi connectivity index (χ0v) is 17.4. The Labute approximate surface area is 178 Å². The zero-order valence-electron chi connectivity index (χ0n) is 15.0. The molecular formula is C16H12BrF4N5O3S. The monoisotopic (exact) mass is 509 g/mol. The molecule has 0 saturated carbocycles.